The third kappa shape index (κ3) is 65.7. The van der Waals surface area contributed by atoms with E-state index in [1.165, 1.54) is 353 Å². The first-order chi connectivity index (χ1) is 39.5. The maximum absolute atomic E-state index is 12.6. The third-order valence-electron chi connectivity index (χ3n) is 17.6. The standard InChI is InChI=1S/C74H145NO5/c1-3-5-7-9-11-13-15-17-18-19-20-21-22-25-28-31-34-37-40-43-46-50-54-58-62-66-72(77)71(70-76)75-73(78)67-63-59-55-51-47-44-41-38-35-32-29-26-23-24-27-30-33-36-39-42-45-49-53-57-61-65-69-80-74(79)68-64-60-56-52-48-16-14-12-10-8-6-4-2/h23,26,71-72,76-77H,3-22,24-25,27-70H2,1-2H3,(H,75,78)/b26-23-. The lowest BCUT2D eigenvalue weighted by Gasteiger charge is -2.22. The van der Waals surface area contributed by atoms with Crippen LogP contribution in [0.15, 0.2) is 12.2 Å². The Morgan fingerprint density at radius 3 is 0.887 bits per heavy atom. The maximum Gasteiger partial charge on any atom is 0.305 e. The molecule has 0 spiro atoms. The van der Waals surface area contributed by atoms with Gasteiger partial charge in [0.1, 0.15) is 0 Å². The fourth-order valence-electron chi connectivity index (χ4n) is 11.9. The van der Waals surface area contributed by atoms with Gasteiger partial charge in [0.15, 0.2) is 0 Å². The number of nitrogens with one attached hydrogen (secondary N) is 1. The Morgan fingerprint density at radius 1 is 0.338 bits per heavy atom. The zero-order valence-corrected chi connectivity index (χ0v) is 54.6. The number of aliphatic hydroxyl groups excluding tert-OH is 2. The van der Waals surface area contributed by atoms with Gasteiger partial charge in [-0.2, -0.15) is 0 Å². The number of carbonyl (C=O) groups excluding carboxylic acids is 2. The lowest BCUT2D eigenvalue weighted by Crippen LogP contribution is -2.45. The number of hydrogen-bond donors (Lipinski definition) is 3. The Bertz CT molecular complexity index is 1210. The Balaban J connectivity index is 3.39. The first-order valence-electron chi connectivity index (χ1n) is 36.9. The molecule has 0 bridgehead atoms. The van der Waals surface area contributed by atoms with Gasteiger partial charge in [-0.25, -0.2) is 0 Å². The van der Waals surface area contributed by atoms with Crippen LogP contribution in [0.5, 0.6) is 0 Å². The molecule has 0 aromatic rings. The van der Waals surface area contributed by atoms with Crippen molar-refractivity contribution in [1.29, 1.82) is 0 Å². The fourth-order valence-corrected chi connectivity index (χ4v) is 11.9. The van der Waals surface area contributed by atoms with Crippen molar-refractivity contribution in [2.45, 2.75) is 437 Å². The molecule has 0 saturated heterocycles. The molecule has 2 atom stereocenters. The molecular weight excluding hydrogens is 983 g/mol. The molecule has 0 aromatic carbocycles. The molecular formula is C74H145NO5. The number of unbranched alkanes of at least 4 members (excludes halogenated alkanes) is 57. The van der Waals surface area contributed by atoms with E-state index in [1.54, 1.807) is 0 Å². The summed E-state index contributed by atoms with van der Waals surface area (Å²) < 4.78 is 5.48. The average molecular weight is 1130 g/mol. The predicted molar refractivity (Wildman–Crippen MR) is 352 cm³/mol. The van der Waals surface area contributed by atoms with Crippen LogP contribution < -0.4 is 5.32 Å². The van der Waals surface area contributed by atoms with Crippen molar-refractivity contribution < 1.29 is 24.5 Å². The Labute approximate surface area is 501 Å². The van der Waals surface area contributed by atoms with Gasteiger partial charge in [0, 0.05) is 12.8 Å². The van der Waals surface area contributed by atoms with Crippen LogP contribution in [-0.2, 0) is 14.3 Å². The van der Waals surface area contributed by atoms with Gasteiger partial charge in [-0.05, 0) is 51.4 Å². The summed E-state index contributed by atoms with van der Waals surface area (Å²) in [6.45, 7) is 5.00. The lowest BCUT2D eigenvalue weighted by molar-refractivity contribution is -0.143. The largest absolute Gasteiger partial charge is 0.466 e. The Kier molecular flexibility index (Phi) is 68.9. The molecule has 0 aromatic heterocycles. The van der Waals surface area contributed by atoms with Gasteiger partial charge in [-0.3, -0.25) is 9.59 Å². The van der Waals surface area contributed by atoms with Gasteiger partial charge >= 0.3 is 5.97 Å². The number of amides is 1. The number of rotatable bonds is 70. The molecule has 0 heterocycles. The quantitative estimate of drug-likeness (QED) is 0.0320. The molecule has 0 fully saturated rings. The number of ether oxygens (including phenoxy) is 1. The van der Waals surface area contributed by atoms with Crippen molar-refractivity contribution >= 4 is 11.9 Å². The van der Waals surface area contributed by atoms with E-state index in [9.17, 15) is 19.8 Å². The number of esters is 1. The van der Waals surface area contributed by atoms with E-state index in [1.807, 2.05) is 0 Å². The van der Waals surface area contributed by atoms with Crippen molar-refractivity contribution in [1.82, 2.24) is 5.32 Å². The highest BCUT2D eigenvalue weighted by Crippen LogP contribution is 2.20. The monoisotopic (exact) mass is 1130 g/mol. The highest BCUT2D eigenvalue weighted by molar-refractivity contribution is 5.76. The van der Waals surface area contributed by atoms with Gasteiger partial charge < -0.3 is 20.3 Å². The summed E-state index contributed by atoms with van der Waals surface area (Å²) in [7, 11) is 0. The van der Waals surface area contributed by atoms with E-state index in [2.05, 4.69) is 31.3 Å². The summed E-state index contributed by atoms with van der Waals surface area (Å²) in [4.78, 5) is 24.6. The van der Waals surface area contributed by atoms with E-state index >= 15 is 0 Å². The van der Waals surface area contributed by atoms with Crippen molar-refractivity contribution in [3.8, 4) is 0 Å². The first-order valence-corrected chi connectivity index (χ1v) is 36.9. The van der Waals surface area contributed by atoms with Crippen LogP contribution in [0, 0.1) is 0 Å². The van der Waals surface area contributed by atoms with Crippen molar-refractivity contribution in [3.05, 3.63) is 12.2 Å². The van der Waals surface area contributed by atoms with Crippen molar-refractivity contribution in [2.24, 2.45) is 0 Å². The minimum atomic E-state index is -0.666. The molecule has 1 amide bonds. The van der Waals surface area contributed by atoms with E-state index in [4.69, 9.17) is 4.74 Å². The summed E-state index contributed by atoms with van der Waals surface area (Å²) in [5.41, 5.74) is 0. The summed E-state index contributed by atoms with van der Waals surface area (Å²) >= 11 is 0. The number of allylic oxidation sites excluding steroid dienone is 2. The highest BCUT2D eigenvalue weighted by atomic mass is 16.5. The topological polar surface area (TPSA) is 95.9 Å². The smallest absolute Gasteiger partial charge is 0.305 e. The van der Waals surface area contributed by atoms with Crippen LogP contribution in [0.25, 0.3) is 0 Å². The first kappa shape index (κ1) is 78.6. The molecule has 0 rings (SSSR count). The second-order valence-electron chi connectivity index (χ2n) is 25.6. The summed E-state index contributed by atoms with van der Waals surface area (Å²) in [5.74, 6) is -0.0149. The number of carbonyl (C=O) groups is 2. The van der Waals surface area contributed by atoms with Crippen LogP contribution in [0.4, 0.5) is 0 Å². The minimum absolute atomic E-state index is 0.0162. The van der Waals surface area contributed by atoms with Crippen LogP contribution in [-0.4, -0.2) is 47.4 Å². The third-order valence-corrected chi connectivity index (χ3v) is 17.6. The van der Waals surface area contributed by atoms with Crippen LogP contribution in [0.2, 0.25) is 0 Å². The van der Waals surface area contributed by atoms with Gasteiger partial charge in [-0.1, -0.05) is 373 Å². The van der Waals surface area contributed by atoms with Crippen LogP contribution in [0.3, 0.4) is 0 Å². The van der Waals surface area contributed by atoms with Gasteiger partial charge in [0.05, 0.1) is 25.4 Å². The van der Waals surface area contributed by atoms with Crippen molar-refractivity contribution in [2.75, 3.05) is 13.2 Å². The zero-order valence-electron chi connectivity index (χ0n) is 54.6. The SMILES string of the molecule is CCCCCCCCCCCCCCCCCCCCCCCCCCCC(O)C(CO)NC(=O)CCCCCCCCCCCC/C=C\CCCCCCCCCCCCCCOC(=O)CCCCCCCCCCCCCC. The molecule has 3 N–H and O–H groups in total. The molecule has 0 saturated carbocycles. The molecule has 0 aliphatic rings. The highest BCUT2D eigenvalue weighted by Gasteiger charge is 2.20. The normalized spacial score (nSPS) is 12.5. The second kappa shape index (κ2) is 70.1. The molecule has 2 unspecified atom stereocenters. The van der Waals surface area contributed by atoms with E-state index in [-0.39, 0.29) is 18.5 Å². The van der Waals surface area contributed by atoms with Crippen LogP contribution in [0.1, 0.15) is 425 Å². The Hall–Kier alpha value is -1.40. The number of aliphatic hydroxyl groups is 2. The summed E-state index contributed by atoms with van der Waals surface area (Å²) in [6.07, 6.45) is 87.0. The maximum atomic E-state index is 12.6. The summed E-state index contributed by atoms with van der Waals surface area (Å²) in [5, 5.41) is 23.5. The van der Waals surface area contributed by atoms with Gasteiger partial charge in [-0.15, -0.1) is 0 Å². The summed E-state index contributed by atoms with van der Waals surface area (Å²) in [6, 6.07) is -0.544. The van der Waals surface area contributed by atoms with Gasteiger partial charge in [0.25, 0.3) is 0 Å². The van der Waals surface area contributed by atoms with Gasteiger partial charge in [0.2, 0.25) is 5.91 Å². The van der Waals surface area contributed by atoms with E-state index in [0.717, 1.165) is 38.5 Å². The number of hydrogen-bond acceptors (Lipinski definition) is 5. The molecule has 476 valence electrons. The zero-order chi connectivity index (χ0) is 57.8. The van der Waals surface area contributed by atoms with E-state index in [0.29, 0.717) is 25.9 Å². The van der Waals surface area contributed by atoms with Crippen molar-refractivity contribution in [3.63, 3.8) is 0 Å². The molecule has 80 heavy (non-hydrogen) atoms. The van der Waals surface area contributed by atoms with Crippen LogP contribution >= 0.6 is 0 Å². The molecule has 6 heteroatoms. The molecule has 0 aliphatic carbocycles. The Morgan fingerprint density at radius 2 is 0.588 bits per heavy atom. The van der Waals surface area contributed by atoms with E-state index < -0.39 is 12.1 Å². The molecule has 0 radical (unpaired) electrons. The predicted octanol–water partition coefficient (Wildman–Crippen LogP) is 23.9. The second-order valence-corrected chi connectivity index (χ2v) is 25.6. The minimum Gasteiger partial charge on any atom is -0.466 e. The fraction of sp³-hybridized carbons (Fsp3) is 0.946. The average Bonchev–Trinajstić information content (AvgIpc) is 3.46. The molecule has 6 nitrogen and oxygen atoms in total. The lowest BCUT2D eigenvalue weighted by atomic mass is 10.0. The molecule has 0 aliphatic heterocycles.